The highest BCUT2D eigenvalue weighted by Crippen LogP contribution is 2.19. The number of rotatable bonds is 3. The van der Waals surface area contributed by atoms with Crippen LogP contribution in [0.15, 0.2) is 18.2 Å². The topological polar surface area (TPSA) is 63.9 Å². The SMILES string of the molecule is Cl.[2H]C([2H])([2H])C([2H])([2H])C([2H])([2H])Oc1ccc2nc(N)[nH]c2c1. The van der Waals surface area contributed by atoms with Gasteiger partial charge in [-0.25, -0.2) is 4.98 Å². The molecule has 1 heterocycles. The minimum absolute atomic E-state index is 0. The fraction of sp³-hybridized carbons (Fsp3) is 0.300. The molecule has 4 nitrogen and oxygen atoms in total. The number of fused-ring (bicyclic) bond motifs is 1. The fourth-order valence-electron chi connectivity index (χ4n) is 1.16. The molecule has 0 aliphatic rings. The van der Waals surface area contributed by atoms with Crippen LogP contribution in [-0.4, -0.2) is 16.5 Å². The molecule has 0 bridgehead atoms. The number of nitrogen functional groups attached to an aromatic ring is 1. The van der Waals surface area contributed by atoms with E-state index in [2.05, 4.69) is 9.97 Å². The van der Waals surface area contributed by atoms with Crippen LogP contribution in [0, 0.1) is 0 Å². The van der Waals surface area contributed by atoms with Crippen molar-refractivity contribution < 1.29 is 14.3 Å². The lowest BCUT2D eigenvalue weighted by molar-refractivity contribution is 0.318. The summed E-state index contributed by atoms with van der Waals surface area (Å²) >= 11 is 0. The Morgan fingerprint density at radius 2 is 2.53 bits per heavy atom. The van der Waals surface area contributed by atoms with E-state index in [4.69, 9.17) is 20.1 Å². The van der Waals surface area contributed by atoms with Gasteiger partial charge in [-0.3, -0.25) is 0 Å². The summed E-state index contributed by atoms with van der Waals surface area (Å²) in [6.07, 6.45) is -3.18. The van der Waals surface area contributed by atoms with Gasteiger partial charge < -0.3 is 15.5 Å². The van der Waals surface area contributed by atoms with E-state index in [1.807, 2.05) is 0 Å². The number of hydrogen-bond acceptors (Lipinski definition) is 3. The highest BCUT2D eigenvalue weighted by molar-refractivity contribution is 5.85. The van der Waals surface area contributed by atoms with Gasteiger partial charge in [-0.15, -0.1) is 12.4 Å². The number of aromatic nitrogens is 2. The molecule has 0 aliphatic heterocycles. The molecule has 0 radical (unpaired) electrons. The number of anilines is 1. The van der Waals surface area contributed by atoms with Crippen molar-refractivity contribution in [3.05, 3.63) is 18.2 Å². The molecule has 0 unspecified atom stereocenters. The van der Waals surface area contributed by atoms with E-state index in [9.17, 15) is 0 Å². The van der Waals surface area contributed by atoms with Crippen molar-refractivity contribution in [2.24, 2.45) is 0 Å². The van der Waals surface area contributed by atoms with E-state index in [1.165, 1.54) is 18.2 Å². The minimum atomic E-state index is -3.18. The van der Waals surface area contributed by atoms with Gasteiger partial charge in [0.15, 0.2) is 5.95 Å². The monoisotopic (exact) mass is 234 g/mol. The molecule has 0 amide bonds. The Hall–Kier alpha value is -1.42. The molecular formula is C10H14ClN3O. The Bertz CT molecular complexity index is 670. The Kier molecular flexibility index (Phi) is 1.65. The Labute approximate surface area is 104 Å². The normalized spacial score (nSPS) is 19.6. The summed E-state index contributed by atoms with van der Waals surface area (Å²) in [5, 5.41) is 0. The fourth-order valence-corrected chi connectivity index (χ4v) is 1.16. The van der Waals surface area contributed by atoms with Crippen molar-refractivity contribution in [1.82, 2.24) is 9.97 Å². The number of hydrogen-bond donors (Lipinski definition) is 2. The molecule has 2 aromatic rings. The second-order valence-electron chi connectivity index (χ2n) is 2.63. The molecule has 1 aromatic carbocycles. The number of imidazole rings is 1. The van der Waals surface area contributed by atoms with E-state index in [0.29, 0.717) is 11.0 Å². The largest absolute Gasteiger partial charge is 0.494 e. The molecule has 0 aliphatic carbocycles. The summed E-state index contributed by atoms with van der Waals surface area (Å²) in [5.41, 5.74) is 6.47. The van der Waals surface area contributed by atoms with Crippen molar-refractivity contribution >= 4 is 29.4 Å². The number of H-pyrrole nitrogens is 1. The van der Waals surface area contributed by atoms with Crippen LogP contribution in [0.2, 0.25) is 0 Å². The number of nitrogens with two attached hydrogens (primary N) is 1. The van der Waals surface area contributed by atoms with Crippen LogP contribution >= 0.6 is 12.4 Å². The first-order valence-corrected chi connectivity index (χ1v) is 3.88. The first-order chi connectivity index (χ1) is 9.44. The van der Waals surface area contributed by atoms with Crippen LogP contribution in [-0.2, 0) is 0 Å². The average Bonchev–Trinajstić information content (AvgIpc) is 2.66. The summed E-state index contributed by atoms with van der Waals surface area (Å²) in [6.45, 7) is -6.21. The molecule has 0 saturated heterocycles. The van der Waals surface area contributed by atoms with E-state index in [1.54, 1.807) is 0 Å². The molecule has 0 spiro atoms. The minimum Gasteiger partial charge on any atom is -0.494 e. The lowest BCUT2D eigenvalue weighted by Gasteiger charge is -2.02. The summed E-state index contributed by atoms with van der Waals surface area (Å²) in [4.78, 5) is 6.66. The molecule has 1 aromatic heterocycles. The number of halogens is 1. The van der Waals surface area contributed by atoms with Gasteiger partial charge in [0.25, 0.3) is 0 Å². The van der Waals surface area contributed by atoms with E-state index < -0.39 is 19.8 Å². The summed E-state index contributed by atoms with van der Waals surface area (Å²) in [6, 6.07) is 4.22. The summed E-state index contributed by atoms with van der Waals surface area (Å²) in [5.74, 6) is 0.132. The van der Waals surface area contributed by atoms with Crippen molar-refractivity contribution in [3.63, 3.8) is 0 Å². The van der Waals surface area contributed by atoms with Crippen molar-refractivity contribution in [1.29, 1.82) is 0 Å². The Morgan fingerprint density at radius 1 is 1.67 bits per heavy atom. The third kappa shape index (κ3) is 2.53. The number of nitrogens with one attached hydrogen (secondary N) is 1. The van der Waals surface area contributed by atoms with Gasteiger partial charge in [0.1, 0.15) is 5.75 Å². The average molecular weight is 235 g/mol. The van der Waals surface area contributed by atoms with Crippen LogP contribution in [0.4, 0.5) is 5.95 Å². The van der Waals surface area contributed by atoms with Gasteiger partial charge >= 0.3 is 0 Å². The van der Waals surface area contributed by atoms with Crippen LogP contribution in [0.5, 0.6) is 5.75 Å². The number of aromatic amines is 1. The van der Waals surface area contributed by atoms with Crippen LogP contribution in [0.1, 0.15) is 22.8 Å². The highest BCUT2D eigenvalue weighted by Gasteiger charge is 2.01. The van der Waals surface area contributed by atoms with E-state index in [-0.39, 0.29) is 24.1 Å². The number of nitrogens with zero attached hydrogens (tertiary/aromatic N) is 1. The zero-order chi connectivity index (χ0) is 16.1. The zero-order valence-corrected chi connectivity index (χ0v) is 8.39. The molecule has 0 fully saturated rings. The first-order valence-electron chi connectivity index (χ1n) is 7.38. The Balaban J connectivity index is 0.00000242. The number of benzene rings is 1. The smallest absolute Gasteiger partial charge is 0.198 e. The van der Waals surface area contributed by atoms with Crippen molar-refractivity contribution in [3.8, 4) is 5.75 Å². The lowest BCUT2D eigenvalue weighted by Crippen LogP contribution is -1.94. The predicted molar refractivity (Wildman–Crippen MR) is 63.5 cm³/mol. The Morgan fingerprint density at radius 3 is 3.33 bits per heavy atom. The molecule has 0 atom stereocenters. The standard InChI is InChI=1S/C10H13N3O.ClH/c1-2-5-14-7-3-4-8-9(6-7)13-10(11)12-8;/h3-4,6H,2,5H2,1H3,(H3,11,12,13);1H/i1D3,2D2,5D2;. The second kappa shape index (κ2) is 4.89. The van der Waals surface area contributed by atoms with E-state index in [0.717, 1.165) is 0 Å². The third-order valence-corrected chi connectivity index (χ3v) is 1.69. The van der Waals surface area contributed by atoms with Gasteiger partial charge in [0.2, 0.25) is 0 Å². The molecule has 2 rings (SSSR count). The molecule has 3 N–H and O–H groups in total. The maximum absolute atomic E-state index is 7.59. The second-order valence-corrected chi connectivity index (χ2v) is 2.63. The van der Waals surface area contributed by atoms with Gasteiger partial charge in [0.05, 0.1) is 20.3 Å². The molecular weight excluding hydrogens is 214 g/mol. The van der Waals surface area contributed by atoms with Crippen molar-refractivity contribution in [2.75, 3.05) is 12.3 Å². The third-order valence-electron chi connectivity index (χ3n) is 1.69. The highest BCUT2D eigenvalue weighted by atomic mass is 35.5. The lowest BCUT2D eigenvalue weighted by atomic mass is 10.3. The van der Waals surface area contributed by atoms with Crippen LogP contribution in [0.3, 0.4) is 0 Å². The molecule has 15 heavy (non-hydrogen) atoms. The molecule has 82 valence electrons. The number of ether oxygens (including phenoxy) is 1. The zero-order valence-electron chi connectivity index (χ0n) is 14.6. The summed E-state index contributed by atoms with van der Waals surface area (Å²) < 4.78 is 56.3. The van der Waals surface area contributed by atoms with Crippen LogP contribution < -0.4 is 10.5 Å². The van der Waals surface area contributed by atoms with Gasteiger partial charge in [-0.1, -0.05) is 6.85 Å². The van der Waals surface area contributed by atoms with Crippen molar-refractivity contribution in [2.45, 2.75) is 13.2 Å². The van der Waals surface area contributed by atoms with E-state index >= 15 is 0 Å². The molecule has 0 saturated carbocycles. The quantitative estimate of drug-likeness (QED) is 0.857. The van der Waals surface area contributed by atoms with Gasteiger partial charge in [-0.05, 0) is 18.5 Å². The van der Waals surface area contributed by atoms with Gasteiger partial charge in [-0.2, -0.15) is 0 Å². The maximum atomic E-state index is 7.59. The maximum Gasteiger partial charge on any atom is 0.198 e. The van der Waals surface area contributed by atoms with Gasteiger partial charge in [0, 0.05) is 12.9 Å². The summed E-state index contributed by atoms with van der Waals surface area (Å²) in [7, 11) is 0. The van der Waals surface area contributed by atoms with Crippen LogP contribution in [0.25, 0.3) is 11.0 Å². The molecule has 5 heteroatoms. The predicted octanol–water partition coefficient (Wildman–Crippen LogP) is 2.36. The first kappa shape index (κ1) is 5.07.